The van der Waals surface area contributed by atoms with Gasteiger partial charge in [-0.2, -0.15) is 0 Å². The highest BCUT2D eigenvalue weighted by Crippen LogP contribution is 2.44. The van der Waals surface area contributed by atoms with Crippen LogP contribution in [0.4, 0.5) is 8.63 Å². The number of carboxylic acids is 1. The van der Waals surface area contributed by atoms with Gasteiger partial charge in [0, 0.05) is 24.3 Å². The van der Waals surface area contributed by atoms with Gasteiger partial charge in [-0.3, -0.25) is 0 Å². The first kappa shape index (κ1) is 17.5. The van der Waals surface area contributed by atoms with E-state index in [1.165, 1.54) is 12.1 Å². The molecule has 0 atom stereocenters. The molecule has 0 amide bonds. The van der Waals surface area contributed by atoms with Crippen molar-refractivity contribution >= 4 is 24.2 Å². The molecule has 0 aliphatic carbocycles. The van der Waals surface area contributed by atoms with Crippen molar-refractivity contribution in [2.24, 2.45) is 0 Å². The molecule has 3 heterocycles. The molecule has 138 valence electrons. The predicted molar refractivity (Wildman–Crippen MR) is 101 cm³/mol. The van der Waals surface area contributed by atoms with E-state index >= 15 is 8.63 Å². The lowest BCUT2D eigenvalue weighted by atomic mass is 9.83. The summed E-state index contributed by atoms with van der Waals surface area (Å²) < 4.78 is 33.3. The second-order valence-corrected chi connectivity index (χ2v) is 7.22. The van der Waals surface area contributed by atoms with Gasteiger partial charge in [-0.15, -0.1) is 0 Å². The third-order valence-corrected chi connectivity index (χ3v) is 5.36. The molecule has 0 unspecified atom stereocenters. The Morgan fingerprint density at radius 2 is 1.74 bits per heavy atom. The molecule has 0 bridgehead atoms. The molecule has 0 fully saturated rings. The number of aryl methyl sites for hydroxylation is 2. The van der Waals surface area contributed by atoms with Crippen molar-refractivity contribution in [3.8, 4) is 0 Å². The number of carboxylic acid groups (broad SMARTS) is 1. The first-order valence-electron chi connectivity index (χ1n) is 8.75. The summed E-state index contributed by atoms with van der Waals surface area (Å²) in [4.78, 5) is 11.2. The van der Waals surface area contributed by atoms with Crippen LogP contribution < -0.4 is 0 Å². The fraction of sp³-hybridized carbons (Fsp3) is 0.200. The van der Waals surface area contributed by atoms with Gasteiger partial charge in [-0.25, -0.2) is 4.79 Å². The summed E-state index contributed by atoms with van der Waals surface area (Å²) in [5, 5.41) is 9.15. The molecule has 0 radical (unpaired) electrons. The van der Waals surface area contributed by atoms with Crippen LogP contribution in [-0.4, -0.2) is 32.7 Å². The Balaban J connectivity index is 2.10. The fourth-order valence-corrected chi connectivity index (χ4v) is 4.35. The number of nitrogens with zero attached hydrogens (tertiary/aromatic N) is 2. The van der Waals surface area contributed by atoms with E-state index in [0.29, 0.717) is 28.4 Å². The second kappa shape index (κ2) is 5.52. The summed E-state index contributed by atoms with van der Waals surface area (Å²) >= 11 is 0. The van der Waals surface area contributed by atoms with Crippen LogP contribution in [0.2, 0.25) is 0 Å². The highest BCUT2D eigenvalue weighted by atomic mass is 19.2. The third kappa shape index (κ3) is 2.27. The van der Waals surface area contributed by atoms with Gasteiger partial charge in [0.1, 0.15) is 5.71 Å². The molecule has 0 spiro atoms. The molecular formula is C20H19BF2N2O2. The highest BCUT2D eigenvalue weighted by Gasteiger charge is 2.55. The van der Waals surface area contributed by atoms with Crippen LogP contribution in [-0.2, 0) is 0 Å². The first-order valence-corrected chi connectivity index (χ1v) is 8.75. The first-order chi connectivity index (χ1) is 12.6. The molecule has 1 N–H and O–H groups in total. The van der Waals surface area contributed by atoms with E-state index in [4.69, 9.17) is 5.11 Å². The van der Waals surface area contributed by atoms with Crippen molar-refractivity contribution in [1.82, 2.24) is 4.48 Å². The van der Waals surface area contributed by atoms with Crippen molar-refractivity contribution in [3.05, 3.63) is 75.8 Å². The monoisotopic (exact) mass is 368 g/mol. The Morgan fingerprint density at radius 3 is 2.33 bits per heavy atom. The van der Waals surface area contributed by atoms with Crippen LogP contribution in [0.5, 0.6) is 0 Å². The van der Waals surface area contributed by atoms with Gasteiger partial charge in [0.2, 0.25) is 0 Å². The highest BCUT2D eigenvalue weighted by molar-refractivity contribution is 6.58. The summed E-state index contributed by atoms with van der Waals surface area (Å²) in [6.07, 6.45) is 1.77. The lowest BCUT2D eigenvalue weighted by Crippen LogP contribution is -2.51. The third-order valence-electron chi connectivity index (χ3n) is 5.36. The van der Waals surface area contributed by atoms with E-state index in [1.807, 2.05) is 13.8 Å². The van der Waals surface area contributed by atoms with Crippen molar-refractivity contribution in [1.29, 1.82) is 0 Å². The molecule has 1 aromatic carbocycles. The van der Waals surface area contributed by atoms with Gasteiger partial charge < -0.3 is 22.7 Å². The van der Waals surface area contributed by atoms with E-state index in [9.17, 15) is 4.79 Å². The quantitative estimate of drug-likeness (QED) is 0.807. The summed E-state index contributed by atoms with van der Waals surface area (Å²) in [6.45, 7) is 3.04. The Labute approximate surface area is 155 Å². The Bertz CT molecular complexity index is 1110. The summed E-state index contributed by atoms with van der Waals surface area (Å²) in [5.41, 5.74) is 5.13. The summed E-state index contributed by atoms with van der Waals surface area (Å²) in [7, 11) is 0. The SMILES string of the molecule is CC1=CC(C)=[N+]2C1=C(c1ccc(C(=O)O)cc1)c1c(C)cc(C)n1[B-]2(F)F. The fourth-order valence-electron chi connectivity index (χ4n) is 4.35. The molecule has 0 saturated heterocycles. The van der Waals surface area contributed by atoms with Crippen LogP contribution in [0.1, 0.15) is 46.7 Å². The molecule has 2 aliphatic rings. The van der Waals surface area contributed by atoms with Gasteiger partial charge in [0.25, 0.3) is 0 Å². The van der Waals surface area contributed by atoms with Crippen molar-refractivity contribution in [2.45, 2.75) is 27.7 Å². The van der Waals surface area contributed by atoms with Crippen LogP contribution in [0, 0.1) is 13.8 Å². The second-order valence-electron chi connectivity index (χ2n) is 7.22. The number of hydrogen-bond donors (Lipinski definition) is 1. The molecule has 4 rings (SSSR count). The lowest BCUT2D eigenvalue weighted by Gasteiger charge is -2.34. The minimum atomic E-state index is -4.00. The maximum atomic E-state index is 15.5. The molecule has 2 aromatic rings. The van der Waals surface area contributed by atoms with Crippen LogP contribution >= 0.6 is 0 Å². The van der Waals surface area contributed by atoms with Crippen LogP contribution in [0.15, 0.2) is 47.7 Å². The number of allylic oxidation sites excluding steroid dienone is 2. The Kier molecular flexibility index (Phi) is 3.57. The maximum absolute atomic E-state index is 15.5. The number of fused-ring (bicyclic) bond motifs is 2. The number of carbonyl (C=O) groups is 1. The number of halogens is 2. The lowest BCUT2D eigenvalue weighted by molar-refractivity contribution is -0.363. The zero-order valence-corrected chi connectivity index (χ0v) is 15.5. The van der Waals surface area contributed by atoms with E-state index in [0.717, 1.165) is 25.7 Å². The number of aromatic carboxylic acids is 1. The molecule has 1 aromatic heterocycles. The van der Waals surface area contributed by atoms with Crippen molar-refractivity contribution in [2.75, 3.05) is 0 Å². The number of aromatic nitrogens is 1. The van der Waals surface area contributed by atoms with Crippen LogP contribution in [0.3, 0.4) is 0 Å². The molecule has 2 aliphatic heterocycles. The molecular weight excluding hydrogens is 349 g/mol. The largest absolute Gasteiger partial charge is 0.737 e. The van der Waals surface area contributed by atoms with Crippen molar-refractivity contribution in [3.63, 3.8) is 0 Å². The zero-order chi connectivity index (χ0) is 19.7. The van der Waals surface area contributed by atoms with E-state index in [2.05, 4.69) is 0 Å². The maximum Gasteiger partial charge on any atom is 0.737 e. The topological polar surface area (TPSA) is 45.2 Å². The minimum Gasteiger partial charge on any atom is -0.478 e. The van der Waals surface area contributed by atoms with Crippen molar-refractivity contribution < 1.29 is 23.0 Å². The van der Waals surface area contributed by atoms with Gasteiger partial charge in [0.05, 0.1) is 11.1 Å². The average Bonchev–Trinajstić information content (AvgIpc) is 3.05. The summed E-state index contributed by atoms with van der Waals surface area (Å²) in [6, 6.07) is 8.16. The molecule has 7 heteroatoms. The van der Waals surface area contributed by atoms with E-state index < -0.39 is 12.9 Å². The number of rotatable bonds is 2. The minimum absolute atomic E-state index is 0.163. The van der Waals surface area contributed by atoms with Crippen LogP contribution in [0.25, 0.3) is 5.57 Å². The summed E-state index contributed by atoms with van der Waals surface area (Å²) in [5.74, 6) is -1.02. The van der Waals surface area contributed by atoms with Gasteiger partial charge in [0.15, 0.2) is 5.70 Å². The Morgan fingerprint density at radius 1 is 1.11 bits per heavy atom. The van der Waals surface area contributed by atoms with Gasteiger partial charge >= 0.3 is 12.9 Å². The Hall–Kier alpha value is -2.96. The zero-order valence-electron chi connectivity index (χ0n) is 15.5. The normalized spacial score (nSPS) is 17.8. The standard InChI is InChI=1S/C20H19BF2N2O2/c1-11-9-13(3)24-18(11)17(15-5-7-16(8-6-15)20(26)27)19-12(2)10-14(4)25(19)21(24,22)23/h5-10H,1-4H3,(H,26,27). The molecule has 4 nitrogen and oxygen atoms in total. The van der Waals surface area contributed by atoms with Gasteiger partial charge in [-0.05, 0) is 55.8 Å². The predicted octanol–water partition coefficient (Wildman–Crippen LogP) is 4.23. The van der Waals surface area contributed by atoms with E-state index in [1.54, 1.807) is 38.1 Å². The number of hydrogen-bond acceptors (Lipinski definition) is 1. The molecule has 27 heavy (non-hydrogen) atoms. The van der Waals surface area contributed by atoms with E-state index in [-0.39, 0.29) is 5.56 Å². The smallest absolute Gasteiger partial charge is 0.478 e. The molecule has 0 saturated carbocycles. The van der Waals surface area contributed by atoms with Gasteiger partial charge in [-0.1, -0.05) is 12.1 Å². The average molecular weight is 368 g/mol. The number of benzene rings is 1.